The van der Waals surface area contributed by atoms with Crippen LogP contribution in [0.3, 0.4) is 0 Å². The van der Waals surface area contributed by atoms with Crippen molar-refractivity contribution < 1.29 is 27.5 Å². The van der Waals surface area contributed by atoms with Gasteiger partial charge in [0.15, 0.2) is 11.4 Å². The van der Waals surface area contributed by atoms with Crippen LogP contribution in [0.5, 0.6) is 5.75 Å². The van der Waals surface area contributed by atoms with Gasteiger partial charge in [-0.25, -0.2) is 10.0 Å². The number of hydrogen-bond donors (Lipinski definition) is 0. The first-order chi connectivity index (χ1) is 8.31. The largest absolute Gasteiger partial charge is 0.494 e. The molecule has 0 radical (unpaired) electrons. The van der Waals surface area contributed by atoms with Crippen molar-refractivity contribution >= 4 is 5.91 Å². The molecule has 1 aromatic heterocycles. The number of carbonyl (C=O) groups is 1. The zero-order valence-corrected chi connectivity index (χ0v) is 9.91. The van der Waals surface area contributed by atoms with Gasteiger partial charge in [0.1, 0.15) is 0 Å². The van der Waals surface area contributed by atoms with Gasteiger partial charge in [-0.15, -0.1) is 0 Å². The summed E-state index contributed by atoms with van der Waals surface area (Å²) >= 11 is 0. The summed E-state index contributed by atoms with van der Waals surface area (Å²) in [4.78, 5) is 19.8. The van der Waals surface area contributed by atoms with Crippen LogP contribution in [0.4, 0.5) is 13.2 Å². The first kappa shape index (κ1) is 14.2. The number of methoxy groups -OCH3 is 1. The third kappa shape index (κ3) is 2.89. The molecule has 1 rings (SSSR count). The number of hydrogen-bond acceptors (Lipinski definition) is 4. The van der Waals surface area contributed by atoms with Crippen molar-refractivity contribution in [2.45, 2.75) is 6.18 Å². The molecule has 0 fully saturated rings. The van der Waals surface area contributed by atoms with E-state index in [0.717, 1.165) is 12.2 Å². The van der Waals surface area contributed by atoms with E-state index < -0.39 is 17.6 Å². The van der Waals surface area contributed by atoms with Crippen LogP contribution >= 0.6 is 0 Å². The Morgan fingerprint density at radius 2 is 2.00 bits per heavy atom. The molecule has 0 aliphatic rings. The molecule has 0 aliphatic heterocycles. The second-order valence-electron chi connectivity index (χ2n) is 3.26. The summed E-state index contributed by atoms with van der Waals surface area (Å²) in [5.74, 6) is -0.971. The third-order valence-electron chi connectivity index (χ3n) is 2.16. The normalized spacial score (nSPS) is 11.2. The van der Waals surface area contributed by atoms with Crippen molar-refractivity contribution in [1.82, 2.24) is 10.0 Å². The zero-order chi connectivity index (χ0) is 13.9. The van der Waals surface area contributed by atoms with Crippen molar-refractivity contribution in [3.05, 3.63) is 23.5 Å². The van der Waals surface area contributed by atoms with Gasteiger partial charge in [-0.05, 0) is 6.07 Å². The fourth-order valence-electron chi connectivity index (χ4n) is 1.15. The number of amides is 1. The van der Waals surface area contributed by atoms with Crippen LogP contribution in [-0.4, -0.2) is 37.2 Å². The molecule has 1 aromatic rings. The number of pyridine rings is 1. The number of ether oxygens (including phenoxy) is 1. The van der Waals surface area contributed by atoms with Crippen LogP contribution in [0.2, 0.25) is 0 Å². The minimum absolute atomic E-state index is 0.255. The Morgan fingerprint density at radius 3 is 2.44 bits per heavy atom. The lowest BCUT2D eigenvalue weighted by atomic mass is 10.2. The van der Waals surface area contributed by atoms with Gasteiger partial charge in [0.25, 0.3) is 5.91 Å². The maximum Gasteiger partial charge on any atom is 0.418 e. The molecule has 0 aliphatic carbocycles. The van der Waals surface area contributed by atoms with E-state index >= 15 is 0 Å². The lowest BCUT2D eigenvalue weighted by Crippen LogP contribution is -2.27. The SMILES string of the molecule is COc1cc(C(F)(F)F)cnc1C(=O)N(C)OC. The Balaban J connectivity index is 3.20. The van der Waals surface area contributed by atoms with Gasteiger partial charge in [0.05, 0.1) is 19.8 Å². The van der Waals surface area contributed by atoms with E-state index in [1.165, 1.54) is 14.2 Å². The average molecular weight is 264 g/mol. The van der Waals surface area contributed by atoms with Crippen LogP contribution in [0, 0.1) is 0 Å². The van der Waals surface area contributed by atoms with E-state index in [1.54, 1.807) is 0 Å². The molecule has 0 unspecified atom stereocenters. The van der Waals surface area contributed by atoms with Crippen LogP contribution < -0.4 is 4.74 Å². The van der Waals surface area contributed by atoms with Crippen molar-refractivity contribution in [1.29, 1.82) is 0 Å². The summed E-state index contributed by atoms with van der Waals surface area (Å²) in [6.07, 6.45) is -3.98. The number of nitrogens with zero attached hydrogens (tertiary/aromatic N) is 2. The highest BCUT2D eigenvalue weighted by atomic mass is 19.4. The van der Waals surface area contributed by atoms with Gasteiger partial charge in [0, 0.05) is 13.2 Å². The summed E-state index contributed by atoms with van der Waals surface area (Å²) < 4.78 is 42.1. The van der Waals surface area contributed by atoms with Gasteiger partial charge in [-0.1, -0.05) is 0 Å². The maximum atomic E-state index is 12.4. The molecule has 0 saturated carbocycles. The zero-order valence-electron chi connectivity index (χ0n) is 9.91. The Hall–Kier alpha value is -1.83. The van der Waals surface area contributed by atoms with Gasteiger partial charge in [0.2, 0.25) is 0 Å². The predicted octanol–water partition coefficient (Wildman–Crippen LogP) is 1.74. The van der Waals surface area contributed by atoms with Gasteiger partial charge in [-0.2, -0.15) is 13.2 Å². The topological polar surface area (TPSA) is 51.7 Å². The number of aromatic nitrogens is 1. The molecule has 0 bridgehead atoms. The Bertz CT molecular complexity index is 448. The predicted molar refractivity (Wildman–Crippen MR) is 54.9 cm³/mol. The molecule has 0 N–H and O–H groups in total. The van der Waals surface area contributed by atoms with Gasteiger partial charge in [-0.3, -0.25) is 9.63 Å². The molecule has 0 aromatic carbocycles. The van der Waals surface area contributed by atoms with Crippen LogP contribution in [0.25, 0.3) is 0 Å². The van der Waals surface area contributed by atoms with Gasteiger partial charge < -0.3 is 4.74 Å². The van der Waals surface area contributed by atoms with Crippen LogP contribution in [0.1, 0.15) is 16.1 Å². The summed E-state index contributed by atoms with van der Waals surface area (Å²) in [5, 5.41) is 0.831. The van der Waals surface area contributed by atoms with E-state index in [1.807, 2.05) is 0 Å². The molecular weight excluding hydrogens is 253 g/mol. The fourth-order valence-corrected chi connectivity index (χ4v) is 1.15. The maximum absolute atomic E-state index is 12.4. The molecule has 1 amide bonds. The highest BCUT2D eigenvalue weighted by molar-refractivity contribution is 5.94. The van der Waals surface area contributed by atoms with E-state index in [0.29, 0.717) is 12.3 Å². The Morgan fingerprint density at radius 1 is 1.39 bits per heavy atom. The summed E-state index contributed by atoms with van der Waals surface area (Å²) in [6, 6.07) is 0.712. The van der Waals surface area contributed by atoms with Crippen LogP contribution in [-0.2, 0) is 11.0 Å². The number of halogens is 3. The number of hydroxylamine groups is 2. The number of rotatable bonds is 3. The van der Waals surface area contributed by atoms with E-state index in [-0.39, 0.29) is 11.4 Å². The van der Waals surface area contributed by atoms with E-state index in [9.17, 15) is 18.0 Å². The van der Waals surface area contributed by atoms with Crippen molar-refractivity contribution in [3.63, 3.8) is 0 Å². The molecule has 1 heterocycles. The molecule has 0 spiro atoms. The van der Waals surface area contributed by atoms with E-state index in [2.05, 4.69) is 9.82 Å². The number of carbonyl (C=O) groups excluding carboxylic acids is 1. The molecule has 18 heavy (non-hydrogen) atoms. The van der Waals surface area contributed by atoms with Crippen molar-refractivity contribution in [3.8, 4) is 5.75 Å². The molecular formula is C10H11F3N2O3. The third-order valence-corrected chi connectivity index (χ3v) is 2.16. The molecule has 8 heteroatoms. The monoisotopic (exact) mass is 264 g/mol. The van der Waals surface area contributed by atoms with Crippen molar-refractivity contribution in [2.75, 3.05) is 21.3 Å². The second kappa shape index (κ2) is 5.21. The number of alkyl halides is 3. The fraction of sp³-hybridized carbons (Fsp3) is 0.400. The highest BCUT2D eigenvalue weighted by Gasteiger charge is 2.33. The average Bonchev–Trinajstić information content (AvgIpc) is 2.35. The lowest BCUT2D eigenvalue weighted by molar-refractivity contribution is -0.138. The Labute approximate surface area is 101 Å². The minimum atomic E-state index is -4.55. The lowest BCUT2D eigenvalue weighted by Gasteiger charge is -2.16. The van der Waals surface area contributed by atoms with Crippen molar-refractivity contribution in [2.24, 2.45) is 0 Å². The minimum Gasteiger partial charge on any atom is -0.494 e. The molecule has 0 saturated heterocycles. The summed E-state index contributed by atoms with van der Waals surface area (Å²) in [7, 11) is 3.70. The Kier molecular flexibility index (Phi) is 4.12. The smallest absolute Gasteiger partial charge is 0.418 e. The first-order valence-electron chi connectivity index (χ1n) is 4.74. The summed E-state index contributed by atoms with van der Waals surface area (Å²) in [6.45, 7) is 0. The quantitative estimate of drug-likeness (QED) is 0.780. The second-order valence-corrected chi connectivity index (χ2v) is 3.26. The molecule has 100 valence electrons. The van der Waals surface area contributed by atoms with Crippen LogP contribution in [0.15, 0.2) is 12.3 Å². The molecule has 0 atom stereocenters. The standard InChI is InChI=1S/C10H11F3N2O3/c1-15(18-3)9(16)8-7(17-2)4-6(5-14-8)10(11,12)13/h4-5H,1-3H3. The highest BCUT2D eigenvalue weighted by Crippen LogP contribution is 2.32. The molecule has 5 nitrogen and oxygen atoms in total. The summed E-state index contributed by atoms with van der Waals surface area (Å²) in [5.41, 5.74) is -1.24. The van der Waals surface area contributed by atoms with Gasteiger partial charge >= 0.3 is 6.18 Å². The first-order valence-corrected chi connectivity index (χ1v) is 4.74. The van der Waals surface area contributed by atoms with E-state index in [4.69, 9.17) is 4.74 Å².